The van der Waals surface area contributed by atoms with Crippen LogP contribution < -0.4 is 4.74 Å². The van der Waals surface area contributed by atoms with Crippen LogP contribution in [0.3, 0.4) is 0 Å². The van der Waals surface area contributed by atoms with E-state index < -0.39 is 5.97 Å². The number of nitrogens with one attached hydrogen (secondary N) is 1. The first-order valence-corrected chi connectivity index (χ1v) is 14.5. The molecular weight excluding hydrogens is 538 g/mol. The largest absolute Gasteiger partial charge is 0.493 e. The molecule has 2 N–H and O–H groups in total. The van der Waals surface area contributed by atoms with E-state index in [9.17, 15) is 14.3 Å². The first-order valence-electron chi connectivity index (χ1n) is 14.5. The summed E-state index contributed by atoms with van der Waals surface area (Å²) in [7, 11) is 2.03. The monoisotopic (exact) mass is 572 g/mol. The van der Waals surface area contributed by atoms with Gasteiger partial charge in [-0.05, 0) is 93.0 Å². The standard InChI is InChI=1S/C33H34F2N4O3/c1-3-26-30-27(37-36-26)19-38(2)15-4-5-16-39-31-24(13-14-25(35)29(30)31)23(32(39)33(40)41)9-7-17-42-28-10-6-8-20-18-21(34)11-12-22(20)28/h6,8,10-14,18H,3-5,7,9,15-17,19H2,1-2H3,(H,36,37)(H,40,41). The lowest BCUT2D eigenvalue weighted by atomic mass is 9.96. The van der Waals surface area contributed by atoms with E-state index >= 15 is 4.39 Å². The zero-order chi connectivity index (χ0) is 29.4. The normalized spacial score (nSPS) is 14.2. The summed E-state index contributed by atoms with van der Waals surface area (Å²) >= 11 is 0. The SMILES string of the molecule is CCc1n[nH]c2c1-c1c(F)ccc3c(CCCOc4cccc5cc(F)ccc45)c(C(=O)O)n(c13)CCCCN(C)C2. The van der Waals surface area contributed by atoms with Crippen LogP contribution in [0.4, 0.5) is 8.78 Å². The topological polar surface area (TPSA) is 83.4 Å². The lowest BCUT2D eigenvalue weighted by molar-refractivity contribution is 0.0684. The van der Waals surface area contributed by atoms with Crippen molar-refractivity contribution in [3.05, 3.63) is 82.8 Å². The Labute approximate surface area is 242 Å². The fourth-order valence-corrected chi connectivity index (χ4v) is 6.32. The summed E-state index contributed by atoms with van der Waals surface area (Å²) < 4.78 is 37.5. The number of aromatic carboxylic acids is 1. The van der Waals surface area contributed by atoms with Crippen molar-refractivity contribution in [2.75, 3.05) is 20.2 Å². The summed E-state index contributed by atoms with van der Waals surface area (Å²) in [5.74, 6) is -1.07. The molecule has 7 nitrogen and oxygen atoms in total. The number of fused-ring (bicyclic) bond motifs is 3. The van der Waals surface area contributed by atoms with Crippen LogP contribution in [0.15, 0.2) is 48.5 Å². The maximum atomic E-state index is 15.9. The van der Waals surface area contributed by atoms with E-state index in [1.165, 1.54) is 18.2 Å². The van der Waals surface area contributed by atoms with Gasteiger partial charge in [-0.25, -0.2) is 13.6 Å². The van der Waals surface area contributed by atoms with Gasteiger partial charge in [-0.3, -0.25) is 5.10 Å². The quantitative estimate of drug-likeness (QED) is 0.206. The van der Waals surface area contributed by atoms with Crippen molar-refractivity contribution in [3.63, 3.8) is 0 Å². The van der Waals surface area contributed by atoms with Crippen molar-refractivity contribution in [1.82, 2.24) is 19.7 Å². The summed E-state index contributed by atoms with van der Waals surface area (Å²) in [5.41, 5.74) is 4.23. The van der Waals surface area contributed by atoms with E-state index in [1.54, 1.807) is 12.1 Å². The van der Waals surface area contributed by atoms with Gasteiger partial charge in [0.05, 0.1) is 23.5 Å². The summed E-state index contributed by atoms with van der Waals surface area (Å²) in [4.78, 5) is 15.0. The van der Waals surface area contributed by atoms with E-state index in [1.807, 2.05) is 36.7 Å². The molecule has 0 amide bonds. The van der Waals surface area contributed by atoms with Gasteiger partial charge in [0, 0.05) is 35.0 Å². The second-order valence-electron chi connectivity index (χ2n) is 11.0. The summed E-state index contributed by atoms with van der Waals surface area (Å²) in [5, 5.41) is 20.4. The van der Waals surface area contributed by atoms with E-state index in [2.05, 4.69) is 15.1 Å². The maximum absolute atomic E-state index is 15.9. The van der Waals surface area contributed by atoms with Crippen LogP contribution in [0.25, 0.3) is 32.8 Å². The van der Waals surface area contributed by atoms with Gasteiger partial charge >= 0.3 is 5.97 Å². The number of H-pyrrole nitrogens is 1. The molecule has 2 aromatic heterocycles. The van der Waals surface area contributed by atoms with Crippen LogP contribution in [-0.2, 0) is 25.9 Å². The van der Waals surface area contributed by atoms with Gasteiger partial charge in [-0.15, -0.1) is 0 Å². The molecule has 0 fully saturated rings. The first kappa shape index (κ1) is 27.9. The predicted octanol–water partition coefficient (Wildman–Crippen LogP) is 6.96. The fourth-order valence-electron chi connectivity index (χ4n) is 6.32. The molecular formula is C33H34F2N4O3. The number of nitrogens with zero attached hydrogens (tertiary/aromatic N) is 3. The Morgan fingerprint density at radius 2 is 1.88 bits per heavy atom. The summed E-state index contributed by atoms with van der Waals surface area (Å²) in [6.07, 6.45) is 3.25. The number of carboxylic acid groups (broad SMARTS) is 1. The van der Waals surface area contributed by atoms with E-state index in [4.69, 9.17) is 4.74 Å². The highest BCUT2D eigenvalue weighted by atomic mass is 19.1. The van der Waals surface area contributed by atoms with Crippen LogP contribution >= 0.6 is 0 Å². The lowest BCUT2D eigenvalue weighted by Crippen LogP contribution is -2.20. The predicted molar refractivity (Wildman–Crippen MR) is 159 cm³/mol. The molecule has 9 heteroatoms. The molecule has 6 rings (SSSR count). The minimum Gasteiger partial charge on any atom is -0.493 e. The van der Waals surface area contributed by atoms with Crippen molar-refractivity contribution >= 4 is 27.6 Å². The number of aromatic amines is 1. The fraction of sp³-hybridized carbons (Fsp3) is 0.333. The highest BCUT2D eigenvalue weighted by Gasteiger charge is 2.29. The Morgan fingerprint density at radius 3 is 2.69 bits per heavy atom. The highest BCUT2D eigenvalue weighted by molar-refractivity contribution is 6.04. The third-order valence-electron chi connectivity index (χ3n) is 8.21. The van der Waals surface area contributed by atoms with E-state index in [-0.39, 0.29) is 17.3 Å². The van der Waals surface area contributed by atoms with Crippen molar-refractivity contribution in [2.45, 2.75) is 52.1 Å². The van der Waals surface area contributed by atoms with Crippen LogP contribution in [-0.4, -0.2) is 50.9 Å². The molecule has 0 spiro atoms. The minimum atomic E-state index is -1.03. The third kappa shape index (κ3) is 5.02. The molecule has 0 saturated heterocycles. The van der Waals surface area contributed by atoms with Gasteiger partial charge in [-0.1, -0.05) is 19.1 Å². The van der Waals surface area contributed by atoms with Crippen LogP contribution in [0.5, 0.6) is 5.75 Å². The van der Waals surface area contributed by atoms with Crippen LogP contribution in [0, 0.1) is 11.6 Å². The van der Waals surface area contributed by atoms with Gasteiger partial charge in [0.2, 0.25) is 0 Å². The van der Waals surface area contributed by atoms with Crippen molar-refractivity contribution in [3.8, 4) is 16.9 Å². The number of aromatic nitrogens is 3. The average Bonchev–Trinajstić information content (AvgIpc) is 3.50. The number of aryl methyl sites for hydroxylation is 3. The van der Waals surface area contributed by atoms with Gasteiger partial charge in [0.25, 0.3) is 0 Å². The number of hydrogen-bond donors (Lipinski definition) is 2. The van der Waals surface area contributed by atoms with Crippen molar-refractivity contribution in [1.29, 1.82) is 0 Å². The molecule has 0 bridgehead atoms. The van der Waals surface area contributed by atoms with E-state index in [0.29, 0.717) is 61.4 Å². The Balaban J connectivity index is 1.41. The molecule has 0 aliphatic carbocycles. The zero-order valence-electron chi connectivity index (χ0n) is 23.8. The van der Waals surface area contributed by atoms with Gasteiger partial charge in [0.1, 0.15) is 23.1 Å². The molecule has 42 heavy (non-hydrogen) atoms. The molecule has 3 aromatic carbocycles. The number of benzene rings is 3. The molecule has 3 heterocycles. The second kappa shape index (κ2) is 11.6. The highest BCUT2D eigenvalue weighted by Crippen LogP contribution is 2.40. The number of rotatable bonds is 7. The van der Waals surface area contributed by atoms with Crippen molar-refractivity contribution < 1.29 is 23.4 Å². The van der Waals surface area contributed by atoms with Gasteiger partial charge in [-0.2, -0.15) is 5.10 Å². The lowest BCUT2D eigenvalue weighted by Gasteiger charge is -2.16. The van der Waals surface area contributed by atoms with Crippen LogP contribution in [0.2, 0.25) is 0 Å². The first-order chi connectivity index (χ1) is 20.4. The third-order valence-corrected chi connectivity index (χ3v) is 8.21. The molecule has 218 valence electrons. The molecule has 0 saturated carbocycles. The Kier molecular flexibility index (Phi) is 7.68. The number of carboxylic acids is 1. The van der Waals surface area contributed by atoms with Crippen LogP contribution in [0.1, 0.15) is 53.6 Å². The number of ether oxygens (including phenoxy) is 1. The molecule has 5 aromatic rings. The molecule has 1 aliphatic rings. The second-order valence-corrected chi connectivity index (χ2v) is 11.0. The summed E-state index contributed by atoms with van der Waals surface area (Å²) in [6, 6.07) is 13.2. The Hall–Kier alpha value is -4.24. The smallest absolute Gasteiger partial charge is 0.352 e. The molecule has 1 aliphatic heterocycles. The maximum Gasteiger partial charge on any atom is 0.352 e. The molecule has 0 atom stereocenters. The van der Waals surface area contributed by atoms with E-state index in [0.717, 1.165) is 52.5 Å². The summed E-state index contributed by atoms with van der Waals surface area (Å²) in [6.45, 7) is 4.23. The number of hydrogen-bond acceptors (Lipinski definition) is 4. The molecule has 0 radical (unpaired) electrons. The average molecular weight is 573 g/mol. The van der Waals surface area contributed by atoms with Gasteiger partial charge in [0.15, 0.2) is 0 Å². The minimum absolute atomic E-state index is 0.202. The zero-order valence-corrected chi connectivity index (χ0v) is 23.8. The number of halogens is 2. The van der Waals surface area contributed by atoms with Crippen molar-refractivity contribution in [2.24, 2.45) is 0 Å². The number of carbonyl (C=O) groups is 1. The Morgan fingerprint density at radius 1 is 1.07 bits per heavy atom. The molecule has 0 unspecified atom stereocenters. The van der Waals surface area contributed by atoms with Gasteiger partial charge < -0.3 is 19.3 Å². The Bertz CT molecular complexity index is 1790.